The minimum atomic E-state index is -0.715. The Kier molecular flexibility index (Phi) is 7.59. The lowest BCUT2D eigenvalue weighted by Gasteiger charge is -2.29. The van der Waals surface area contributed by atoms with Crippen LogP contribution in [0.5, 0.6) is 17.2 Å². The maximum atomic E-state index is 13.5. The van der Waals surface area contributed by atoms with Crippen LogP contribution in [0.15, 0.2) is 42.5 Å². The van der Waals surface area contributed by atoms with Crippen molar-refractivity contribution in [2.75, 3.05) is 45.8 Å². The van der Waals surface area contributed by atoms with Crippen LogP contribution in [0.25, 0.3) is 10.2 Å². The van der Waals surface area contributed by atoms with Gasteiger partial charge in [-0.2, -0.15) is 0 Å². The number of thiazole rings is 1. The zero-order chi connectivity index (χ0) is 21.1. The number of amides is 1. The molecule has 166 valence electrons. The molecule has 0 saturated carbocycles. The fraction of sp³-hybridized carbons (Fsp3) is 0.364. The Balaban J connectivity index is 0.00000272. The van der Waals surface area contributed by atoms with Crippen molar-refractivity contribution in [1.82, 2.24) is 9.88 Å². The van der Waals surface area contributed by atoms with E-state index in [1.165, 1.54) is 11.3 Å². The minimum Gasteiger partial charge on any atom is -0.494 e. The predicted molar refractivity (Wildman–Crippen MR) is 125 cm³/mol. The third-order valence-corrected chi connectivity index (χ3v) is 5.90. The van der Waals surface area contributed by atoms with Crippen molar-refractivity contribution in [1.29, 1.82) is 0 Å². The van der Waals surface area contributed by atoms with Gasteiger partial charge in [-0.15, -0.1) is 12.4 Å². The number of anilines is 1. The lowest BCUT2D eigenvalue weighted by atomic mass is 10.2. The third kappa shape index (κ3) is 5.03. The van der Waals surface area contributed by atoms with Gasteiger partial charge in [0.05, 0.1) is 11.8 Å². The number of para-hydroxylation sites is 3. The molecular formula is C22H26ClN3O4S. The van der Waals surface area contributed by atoms with E-state index in [-0.39, 0.29) is 24.9 Å². The van der Waals surface area contributed by atoms with E-state index in [4.69, 9.17) is 19.2 Å². The number of methoxy groups -OCH3 is 1. The third-order valence-electron chi connectivity index (χ3n) is 4.86. The van der Waals surface area contributed by atoms with Gasteiger partial charge in [-0.25, -0.2) is 4.98 Å². The summed E-state index contributed by atoms with van der Waals surface area (Å²) in [6, 6.07) is 13.2. The van der Waals surface area contributed by atoms with Gasteiger partial charge in [-0.1, -0.05) is 29.5 Å². The lowest BCUT2D eigenvalue weighted by molar-refractivity contribution is -0.127. The molecule has 0 bridgehead atoms. The Labute approximate surface area is 191 Å². The number of halogens is 1. The van der Waals surface area contributed by atoms with Gasteiger partial charge in [0.15, 0.2) is 16.6 Å². The SMILES string of the molecule is COc1cccc2sc(N(CCCN(C)C)C(=O)C3COc4ccccc4O3)nc12.Cl. The molecule has 4 rings (SSSR count). The van der Waals surface area contributed by atoms with Crippen LogP contribution in [0.2, 0.25) is 0 Å². The van der Waals surface area contributed by atoms with Crippen molar-refractivity contribution < 1.29 is 19.0 Å². The van der Waals surface area contributed by atoms with Crippen LogP contribution in [0.1, 0.15) is 6.42 Å². The van der Waals surface area contributed by atoms with Crippen LogP contribution >= 0.6 is 23.7 Å². The zero-order valence-electron chi connectivity index (χ0n) is 17.7. The molecule has 0 saturated heterocycles. The van der Waals surface area contributed by atoms with Crippen LogP contribution in [0.4, 0.5) is 5.13 Å². The molecule has 3 aromatic rings. The van der Waals surface area contributed by atoms with Crippen molar-refractivity contribution in [3.05, 3.63) is 42.5 Å². The fourth-order valence-electron chi connectivity index (χ4n) is 3.35. The molecule has 31 heavy (non-hydrogen) atoms. The highest BCUT2D eigenvalue weighted by molar-refractivity contribution is 7.22. The number of ether oxygens (including phenoxy) is 3. The second kappa shape index (κ2) is 10.2. The van der Waals surface area contributed by atoms with Crippen molar-refractivity contribution in [3.8, 4) is 17.2 Å². The van der Waals surface area contributed by atoms with Gasteiger partial charge in [0.2, 0.25) is 6.10 Å². The van der Waals surface area contributed by atoms with Crippen LogP contribution < -0.4 is 19.1 Å². The highest BCUT2D eigenvalue weighted by Gasteiger charge is 2.33. The number of nitrogens with zero attached hydrogens (tertiary/aromatic N) is 3. The van der Waals surface area contributed by atoms with Gasteiger partial charge >= 0.3 is 0 Å². The van der Waals surface area contributed by atoms with E-state index in [1.54, 1.807) is 12.0 Å². The highest BCUT2D eigenvalue weighted by Crippen LogP contribution is 2.36. The average molecular weight is 464 g/mol. The molecule has 1 aromatic heterocycles. The van der Waals surface area contributed by atoms with Gasteiger partial charge in [-0.3, -0.25) is 9.69 Å². The van der Waals surface area contributed by atoms with Crippen LogP contribution in [-0.4, -0.2) is 62.8 Å². The molecule has 2 aromatic carbocycles. The van der Waals surface area contributed by atoms with Crippen LogP contribution in [-0.2, 0) is 4.79 Å². The summed E-state index contributed by atoms with van der Waals surface area (Å²) in [5.74, 6) is 1.79. The largest absolute Gasteiger partial charge is 0.494 e. The first kappa shape index (κ1) is 23.1. The fourth-order valence-corrected chi connectivity index (χ4v) is 4.37. The maximum Gasteiger partial charge on any atom is 0.273 e. The first-order chi connectivity index (χ1) is 14.6. The molecule has 0 fully saturated rings. The Morgan fingerprint density at radius 1 is 1.16 bits per heavy atom. The van der Waals surface area contributed by atoms with E-state index < -0.39 is 6.10 Å². The normalized spacial score (nSPS) is 14.9. The standard InChI is InChI=1S/C22H25N3O4S.ClH/c1-24(2)12-7-13-25(22-23-20-17(27-3)10-6-11-19(20)30-22)21(26)18-14-28-15-8-4-5-9-16(15)29-18;/h4-6,8-11,18H,7,12-14H2,1-3H3;1H. The van der Waals surface area contributed by atoms with Crippen molar-refractivity contribution >= 4 is 45.0 Å². The first-order valence-corrected chi connectivity index (χ1v) is 10.7. The van der Waals surface area contributed by atoms with E-state index >= 15 is 0 Å². The summed E-state index contributed by atoms with van der Waals surface area (Å²) < 4.78 is 18.1. The number of carbonyl (C=O) groups excluding carboxylic acids is 1. The molecule has 1 amide bonds. The number of benzene rings is 2. The quantitative estimate of drug-likeness (QED) is 0.530. The van der Waals surface area contributed by atoms with E-state index in [2.05, 4.69) is 4.90 Å². The van der Waals surface area contributed by atoms with Gasteiger partial charge in [0.1, 0.15) is 17.9 Å². The molecule has 0 N–H and O–H groups in total. The minimum absolute atomic E-state index is 0. The molecule has 1 unspecified atom stereocenters. The Hall–Kier alpha value is -2.55. The van der Waals surface area contributed by atoms with E-state index in [9.17, 15) is 4.79 Å². The van der Waals surface area contributed by atoms with Gasteiger partial charge in [0, 0.05) is 6.54 Å². The molecule has 9 heteroatoms. The topological polar surface area (TPSA) is 64.1 Å². The molecule has 1 aliphatic rings. The van der Waals surface area contributed by atoms with E-state index in [0.29, 0.717) is 28.9 Å². The summed E-state index contributed by atoms with van der Waals surface area (Å²) in [4.78, 5) is 22.0. The molecule has 0 aliphatic carbocycles. The summed E-state index contributed by atoms with van der Waals surface area (Å²) >= 11 is 1.48. The van der Waals surface area contributed by atoms with Crippen LogP contribution in [0.3, 0.4) is 0 Å². The van der Waals surface area contributed by atoms with E-state index in [1.807, 2.05) is 56.6 Å². The Morgan fingerprint density at radius 2 is 1.94 bits per heavy atom. The van der Waals surface area contributed by atoms with E-state index in [0.717, 1.165) is 23.2 Å². The molecule has 1 atom stereocenters. The smallest absolute Gasteiger partial charge is 0.273 e. The summed E-state index contributed by atoms with van der Waals surface area (Å²) in [6.45, 7) is 1.58. The van der Waals surface area contributed by atoms with Crippen molar-refractivity contribution in [3.63, 3.8) is 0 Å². The van der Waals surface area contributed by atoms with Crippen LogP contribution in [0, 0.1) is 0 Å². The zero-order valence-corrected chi connectivity index (χ0v) is 19.4. The number of aromatic nitrogens is 1. The van der Waals surface area contributed by atoms with Crippen molar-refractivity contribution in [2.24, 2.45) is 0 Å². The van der Waals surface area contributed by atoms with Gasteiger partial charge in [-0.05, 0) is 51.3 Å². The number of carbonyl (C=O) groups is 1. The molecule has 7 nitrogen and oxygen atoms in total. The number of fused-ring (bicyclic) bond motifs is 2. The Morgan fingerprint density at radius 3 is 2.68 bits per heavy atom. The summed E-state index contributed by atoms with van der Waals surface area (Å²) in [7, 11) is 5.66. The average Bonchev–Trinajstić information content (AvgIpc) is 3.19. The summed E-state index contributed by atoms with van der Waals surface area (Å²) in [5, 5.41) is 0.640. The molecule has 0 radical (unpaired) electrons. The molecule has 0 spiro atoms. The van der Waals surface area contributed by atoms with Gasteiger partial charge < -0.3 is 19.1 Å². The Bertz CT molecular complexity index is 1040. The molecular weight excluding hydrogens is 438 g/mol. The maximum absolute atomic E-state index is 13.5. The monoisotopic (exact) mass is 463 g/mol. The predicted octanol–water partition coefficient (Wildman–Crippen LogP) is 3.85. The molecule has 2 heterocycles. The second-order valence-electron chi connectivity index (χ2n) is 7.31. The molecule has 1 aliphatic heterocycles. The van der Waals surface area contributed by atoms with Crippen molar-refractivity contribution in [2.45, 2.75) is 12.5 Å². The number of hydrogen-bond acceptors (Lipinski definition) is 7. The van der Waals surface area contributed by atoms with Gasteiger partial charge in [0.25, 0.3) is 5.91 Å². The highest BCUT2D eigenvalue weighted by atomic mass is 35.5. The lowest BCUT2D eigenvalue weighted by Crippen LogP contribution is -2.47. The second-order valence-corrected chi connectivity index (χ2v) is 8.32. The number of hydrogen-bond donors (Lipinski definition) is 0. The summed E-state index contributed by atoms with van der Waals surface area (Å²) in [6.07, 6.45) is 0.101. The number of rotatable bonds is 7. The summed E-state index contributed by atoms with van der Waals surface area (Å²) in [5.41, 5.74) is 0.761. The first-order valence-electron chi connectivity index (χ1n) is 9.85.